The average molecular weight is 608 g/mol. The number of carboxylic acids is 1. The number of aliphatic hydroxyl groups excluding tert-OH is 1. The van der Waals surface area contributed by atoms with Gasteiger partial charge in [0.25, 0.3) is 11.8 Å². The largest absolute Gasteiger partial charge is 0.493 e. The predicted molar refractivity (Wildman–Crippen MR) is 149 cm³/mol. The first-order chi connectivity index (χ1) is 20.4. The van der Waals surface area contributed by atoms with Gasteiger partial charge < -0.3 is 29.9 Å². The monoisotopic (exact) mass is 607 g/mol. The van der Waals surface area contributed by atoms with Gasteiger partial charge in [0, 0.05) is 24.7 Å². The Balaban J connectivity index is 0.000000541. The molecule has 2 saturated heterocycles. The standard InChI is InChI=1S/C28H35N3O5.C2HF3O2/c1-3-36-26-13-19(28(34)31-21-9-10-22(31)17-35-16-21)8-11-23(26)27(33)29-14-25(32)24-12-18-6-4-5-7-20(18)15-30(24)2;3-2(4,5)1(6)7/h4-8,11,13,21-22,24-25,32H,3,9-10,12,14-17H2,1-2H3,(H,29,33);(H,6,7)/t21?,22?,24-,25+;/m0./s1. The second kappa shape index (κ2) is 13.7. The Hall–Kier alpha value is -3.68. The molecule has 5 rings (SSSR count). The number of rotatable bonds is 7. The minimum Gasteiger partial charge on any atom is -0.493 e. The summed E-state index contributed by atoms with van der Waals surface area (Å²) in [6.45, 7) is 4.25. The lowest BCUT2D eigenvalue weighted by Crippen LogP contribution is -2.50. The molecule has 13 heteroatoms. The van der Waals surface area contributed by atoms with Crippen LogP contribution in [0.5, 0.6) is 5.75 Å². The van der Waals surface area contributed by atoms with Gasteiger partial charge in [0.2, 0.25) is 0 Å². The first-order valence-electron chi connectivity index (χ1n) is 14.1. The number of nitrogens with zero attached hydrogens (tertiary/aromatic N) is 2. The van der Waals surface area contributed by atoms with Crippen molar-refractivity contribution in [1.82, 2.24) is 15.1 Å². The molecule has 0 spiro atoms. The minimum absolute atomic E-state index is 0.0465. The smallest absolute Gasteiger partial charge is 0.490 e. The summed E-state index contributed by atoms with van der Waals surface area (Å²) in [5.41, 5.74) is 3.37. The highest BCUT2D eigenvalue weighted by Crippen LogP contribution is 2.32. The molecule has 3 heterocycles. The lowest BCUT2D eigenvalue weighted by molar-refractivity contribution is -0.192. The number of carbonyl (C=O) groups is 3. The molecular weight excluding hydrogens is 571 g/mol. The maximum Gasteiger partial charge on any atom is 0.490 e. The number of carbonyl (C=O) groups excluding carboxylic acids is 2. The molecule has 2 aromatic carbocycles. The highest BCUT2D eigenvalue weighted by atomic mass is 19.4. The Labute approximate surface area is 247 Å². The highest BCUT2D eigenvalue weighted by molar-refractivity contribution is 6.00. The van der Waals surface area contributed by atoms with Crippen molar-refractivity contribution < 1.29 is 47.2 Å². The predicted octanol–water partition coefficient (Wildman–Crippen LogP) is 2.87. The van der Waals surface area contributed by atoms with Crippen LogP contribution in [0, 0.1) is 0 Å². The summed E-state index contributed by atoms with van der Waals surface area (Å²) in [7, 11) is 2.00. The van der Waals surface area contributed by atoms with Crippen LogP contribution in [0.1, 0.15) is 51.6 Å². The molecule has 234 valence electrons. The lowest BCUT2D eigenvalue weighted by Gasteiger charge is -2.37. The number of aliphatic carboxylic acids is 1. The van der Waals surface area contributed by atoms with Crippen molar-refractivity contribution in [2.24, 2.45) is 0 Å². The van der Waals surface area contributed by atoms with E-state index in [-0.39, 0.29) is 36.5 Å². The van der Waals surface area contributed by atoms with Crippen molar-refractivity contribution in [1.29, 1.82) is 0 Å². The second-order valence-electron chi connectivity index (χ2n) is 10.8. The normalized spacial score (nSPS) is 22.1. The summed E-state index contributed by atoms with van der Waals surface area (Å²) in [6, 6.07) is 13.4. The van der Waals surface area contributed by atoms with Gasteiger partial charge in [0.1, 0.15) is 5.75 Å². The summed E-state index contributed by atoms with van der Waals surface area (Å²) in [5, 5.41) is 20.9. The average Bonchev–Trinajstić information content (AvgIpc) is 3.22. The quantitative estimate of drug-likeness (QED) is 0.439. The van der Waals surface area contributed by atoms with Crippen molar-refractivity contribution in [2.75, 3.05) is 33.4 Å². The zero-order valence-electron chi connectivity index (χ0n) is 24.0. The molecule has 3 aliphatic heterocycles. The zero-order chi connectivity index (χ0) is 31.3. The Kier molecular flexibility index (Phi) is 10.3. The fraction of sp³-hybridized carbons (Fsp3) is 0.500. The van der Waals surface area contributed by atoms with Crippen molar-refractivity contribution in [3.05, 3.63) is 64.7 Å². The minimum atomic E-state index is -5.08. The van der Waals surface area contributed by atoms with Crippen LogP contribution >= 0.6 is 0 Å². The van der Waals surface area contributed by atoms with Crippen LogP contribution in [-0.4, -0.2) is 102 Å². The van der Waals surface area contributed by atoms with Crippen LogP contribution in [0.4, 0.5) is 13.2 Å². The van der Waals surface area contributed by atoms with Gasteiger partial charge in [-0.15, -0.1) is 0 Å². The van der Waals surface area contributed by atoms with Crippen LogP contribution in [0.15, 0.2) is 42.5 Å². The zero-order valence-corrected chi connectivity index (χ0v) is 24.0. The number of carboxylic acid groups (broad SMARTS) is 1. The number of amides is 2. The van der Waals surface area contributed by atoms with E-state index in [9.17, 15) is 27.9 Å². The molecule has 0 aliphatic carbocycles. The third-order valence-electron chi connectivity index (χ3n) is 7.94. The number of fused-ring (bicyclic) bond motifs is 3. The van der Waals surface area contributed by atoms with Crippen molar-refractivity contribution in [3.8, 4) is 5.75 Å². The molecule has 2 unspecified atom stereocenters. The maximum absolute atomic E-state index is 13.3. The van der Waals surface area contributed by atoms with Crippen molar-refractivity contribution in [2.45, 2.75) is 63.1 Å². The molecule has 0 saturated carbocycles. The van der Waals surface area contributed by atoms with Gasteiger partial charge in [-0.05, 0) is 62.6 Å². The second-order valence-corrected chi connectivity index (χ2v) is 10.8. The fourth-order valence-electron chi connectivity index (χ4n) is 5.76. The molecule has 0 radical (unpaired) electrons. The van der Waals surface area contributed by atoms with Crippen LogP contribution in [-0.2, 0) is 22.5 Å². The summed E-state index contributed by atoms with van der Waals surface area (Å²) >= 11 is 0. The van der Waals surface area contributed by atoms with Crippen molar-refractivity contribution >= 4 is 17.8 Å². The molecular formula is C30H36F3N3O7. The van der Waals surface area contributed by atoms with Crippen LogP contribution < -0.4 is 10.1 Å². The van der Waals surface area contributed by atoms with Gasteiger partial charge in [0.15, 0.2) is 0 Å². The lowest BCUT2D eigenvalue weighted by atomic mass is 9.91. The van der Waals surface area contributed by atoms with Gasteiger partial charge in [-0.3, -0.25) is 14.5 Å². The molecule has 2 aromatic rings. The SMILES string of the molecule is CCOc1cc(C(=O)N2C3CCC2COC3)ccc1C(=O)NC[C@@H](O)[C@@H]1Cc2ccccc2CN1C.O=C(O)C(F)(F)F. The van der Waals surface area contributed by atoms with Crippen molar-refractivity contribution in [3.63, 3.8) is 0 Å². The van der Waals surface area contributed by atoms with E-state index in [1.54, 1.807) is 18.2 Å². The van der Waals surface area contributed by atoms with E-state index in [0.717, 1.165) is 25.8 Å². The van der Waals surface area contributed by atoms with E-state index in [4.69, 9.17) is 19.4 Å². The molecule has 10 nitrogen and oxygen atoms in total. The Morgan fingerprint density at radius 1 is 1.09 bits per heavy atom. The van der Waals surface area contributed by atoms with Gasteiger partial charge >= 0.3 is 12.1 Å². The van der Waals surface area contributed by atoms with E-state index >= 15 is 0 Å². The molecule has 3 aliphatic rings. The Morgan fingerprint density at radius 2 is 1.72 bits per heavy atom. The summed E-state index contributed by atoms with van der Waals surface area (Å²) in [5.74, 6) is -2.76. The third kappa shape index (κ3) is 7.64. The maximum atomic E-state index is 13.3. The Morgan fingerprint density at radius 3 is 2.33 bits per heavy atom. The number of aliphatic hydroxyl groups is 1. The molecule has 2 bridgehead atoms. The Bertz CT molecular complexity index is 1310. The number of ether oxygens (including phenoxy) is 2. The van der Waals surface area contributed by atoms with Gasteiger partial charge in [-0.1, -0.05) is 24.3 Å². The number of likely N-dealkylation sites (N-methyl/N-ethyl adjacent to an activating group) is 1. The van der Waals surface area contributed by atoms with E-state index in [1.165, 1.54) is 11.1 Å². The van der Waals surface area contributed by atoms with Crippen LogP contribution in [0.3, 0.4) is 0 Å². The number of alkyl halides is 3. The molecule has 43 heavy (non-hydrogen) atoms. The van der Waals surface area contributed by atoms with Gasteiger partial charge in [-0.2, -0.15) is 13.2 Å². The third-order valence-corrected chi connectivity index (χ3v) is 7.94. The van der Waals surface area contributed by atoms with Gasteiger partial charge in [0.05, 0.1) is 43.6 Å². The summed E-state index contributed by atoms with van der Waals surface area (Å²) in [6.07, 6.45) is -3.16. The molecule has 2 fully saturated rings. The van der Waals surface area contributed by atoms with E-state index in [2.05, 4.69) is 22.3 Å². The topological polar surface area (TPSA) is 129 Å². The first kappa shape index (κ1) is 32.2. The van der Waals surface area contributed by atoms with Gasteiger partial charge in [-0.25, -0.2) is 4.79 Å². The number of nitrogens with one attached hydrogen (secondary N) is 1. The van der Waals surface area contributed by atoms with E-state index in [0.29, 0.717) is 36.7 Å². The summed E-state index contributed by atoms with van der Waals surface area (Å²) < 4.78 is 43.1. The molecule has 2 amide bonds. The first-order valence-corrected chi connectivity index (χ1v) is 14.1. The number of morpholine rings is 1. The van der Waals surface area contributed by atoms with Crippen LogP contribution in [0.2, 0.25) is 0 Å². The number of hydrogen-bond donors (Lipinski definition) is 3. The van der Waals surface area contributed by atoms with E-state index in [1.807, 2.05) is 31.0 Å². The number of halogens is 3. The molecule has 0 aromatic heterocycles. The fourth-order valence-corrected chi connectivity index (χ4v) is 5.76. The number of benzene rings is 2. The molecule has 4 atom stereocenters. The van der Waals surface area contributed by atoms with Crippen LogP contribution in [0.25, 0.3) is 0 Å². The van der Waals surface area contributed by atoms with E-state index < -0.39 is 18.2 Å². The number of hydrogen-bond acceptors (Lipinski definition) is 7. The molecule has 3 N–H and O–H groups in total. The highest BCUT2D eigenvalue weighted by Gasteiger charge is 2.41. The summed E-state index contributed by atoms with van der Waals surface area (Å²) in [4.78, 5) is 39.3.